The van der Waals surface area contributed by atoms with Gasteiger partial charge in [-0.1, -0.05) is 17.7 Å². The Labute approximate surface area is 237 Å². The topological polar surface area (TPSA) is 94.4 Å². The maximum absolute atomic E-state index is 14.9. The van der Waals surface area contributed by atoms with Crippen LogP contribution in [0.2, 0.25) is 5.02 Å². The standard InChI is InChI=1S/C29H32ClFN6O3/c1-34-7-9-35(10-8-34)23-4-2-3-20(15-23)28(38)33-37(29(39)26-6-5-21(30)16-27(26)32)25-18-22(31)17-24(19-25)36-11-13-40-14-12-36/h2-6,15-19H,7-14,32H2,1H3,(H,33,38). The van der Waals surface area contributed by atoms with E-state index in [0.29, 0.717) is 42.6 Å². The number of ether oxygens (including phenoxy) is 1. The largest absolute Gasteiger partial charge is 0.398 e. The molecular weight excluding hydrogens is 535 g/mol. The second-order valence-corrected chi connectivity index (χ2v) is 10.4. The van der Waals surface area contributed by atoms with Gasteiger partial charge in [0.25, 0.3) is 11.8 Å². The molecule has 2 fully saturated rings. The monoisotopic (exact) mass is 566 g/mol. The van der Waals surface area contributed by atoms with E-state index >= 15 is 0 Å². The predicted molar refractivity (Wildman–Crippen MR) is 156 cm³/mol. The minimum atomic E-state index is -0.628. The highest BCUT2D eigenvalue weighted by Gasteiger charge is 2.25. The minimum absolute atomic E-state index is 0.119. The van der Waals surface area contributed by atoms with Gasteiger partial charge in [-0.3, -0.25) is 15.0 Å². The van der Waals surface area contributed by atoms with Crippen LogP contribution in [0.4, 0.5) is 27.1 Å². The summed E-state index contributed by atoms with van der Waals surface area (Å²) in [7, 11) is 2.08. The molecule has 3 aromatic rings. The Kier molecular flexibility index (Phi) is 8.39. The quantitative estimate of drug-likeness (QED) is 0.360. The minimum Gasteiger partial charge on any atom is -0.398 e. The lowest BCUT2D eigenvalue weighted by Crippen LogP contribution is -2.47. The zero-order valence-electron chi connectivity index (χ0n) is 22.3. The molecule has 2 aliphatic rings. The molecule has 40 heavy (non-hydrogen) atoms. The second-order valence-electron chi connectivity index (χ2n) is 9.92. The van der Waals surface area contributed by atoms with Crippen LogP contribution in [0, 0.1) is 5.82 Å². The maximum atomic E-state index is 14.9. The first-order valence-corrected chi connectivity index (χ1v) is 13.5. The summed E-state index contributed by atoms with van der Waals surface area (Å²) in [5.41, 5.74) is 11.1. The number of benzene rings is 3. The molecule has 3 N–H and O–H groups in total. The molecule has 3 aromatic carbocycles. The van der Waals surface area contributed by atoms with Gasteiger partial charge in [0, 0.05) is 66.9 Å². The number of rotatable bonds is 5. The van der Waals surface area contributed by atoms with E-state index in [-0.39, 0.29) is 16.9 Å². The molecule has 0 aromatic heterocycles. The van der Waals surface area contributed by atoms with Crippen LogP contribution in [0.5, 0.6) is 0 Å². The molecule has 2 amide bonds. The summed E-state index contributed by atoms with van der Waals surface area (Å²) >= 11 is 6.05. The number of piperazine rings is 1. The van der Waals surface area contributed by atoms with Crippen molar-refractivity contribution < 1.29 is 18.7 Å². The number of hydrazine groups is 1. The Morgan fingerprint density at radius 1 is 0.925 bits per heavy atom. The SMILES string of the molecule is CN1CCN(c2cccc(C(=O)NN(C(=O)c3ccc(Cl)cc3N)c3cc(F)cc(N4CCOCC4)c3)c2)CC1. The summed E-state index contributed by atoms with van der Waals surface area (Å²) in [6.45, 7) is 5.70. The number of hydrogen-bond acceptors (Lipinski definition) is 7. The summed E-state index contributed by atoms with van der Waals surface area (Å²) in [4.78, 5) is 33.8. The summed E-state index contributed by atoms with van der Waals surface area (Å²) in [6.07, 6.45) is 0. The second kappa shape index (κ2) is 12.1. The van der Waals surface area contributed by atoms with E-state index in [2.05, 4.69) is 22.3 Å². The van der Waals surface area contributed by atoms with Crippen LogP contribution in [0.15, 0.2) is 60.7 Å². The van der Waals surface area contributed by atoms with E-state index in [4.69, 9.17) is 22.1 Å². The van der Waals surface area contributed by atoms with Gasteiger partial charge in [0.2, 0.25) is 0 Å². The number of hydrogen-bond donors (Lipinski definition) is 2. The van der Waals surface area contributed by atoms with Crippen molar-refractivity contribution in [3.05, 3.63) is 82.6 Å². The van der Waals surface area contributed by atoms with Gasteiger partial charge in [0.1, 0.15) is 5.82 Å². The summed E-state index contributed by atoms with van der Waals surface area (Å²) in [5, 5.41) is 1.41. The van der Waals surface area contributed by atoms with Crippen molar-refractivity contribution in [2.45, 2.75) is 0 Å². The molecule has 0 atom stereocenters. The van der Waals surface area contributed by atoms with Crippen LogP contribution in [-0.2, 0) is 4.74 Å². The van der Waals surface area contributed by atoms with Crippen molar-refractivity contribution in [1.29, 1.82) is 0 Å². The van der Waals surface area contributed by atoms with Crippen LogP contribution < -0.4 is 26.0 Å². The first-order valence-electron chi connectivity index (χ1n) is 13.2. The van der Waals surface area contributed by atoms with E-state index in [1.54, 1.807) is 18.2 Å². The lowest BCUT2D eigenvalue weighted by Gasteiger charge is -2.34. The van der Waals surface area contributed by atoms with Gasteiger partial charge < -0.3 is 25.2 Å². The molecule has 2 saturated heterocycles. The van der Waals surface area contributed by atoms with E-state index in [1.807, 2.05) is 17.0 Å². The van der Waals surface area contributed by atoms with Gasteiger partial charge in [-0.25, -0.2) is 9.40 Å². The fourth-order valence-corrected chi connectivity index (χ4v) is 5.03. The van der Waals surface area contributed by atoms with Crippen molar-refractivity contribution in [1.82, 2.24) is 10.3 Å². The third kappa shape index (κ3) is 6.30. The zero-order chi connectivity index (χ0) is 28.2. The molecule has 210 valence electrons. The molecule has 9 nitrogen and oxygen atoms in total. The van der Waals surface area contributed by atoms with Gasteiger partial charge in [0.15, 0.2) is 0 Å². The number of carbonyl (C=O) groups excluding carboxylic acids is 2. The molecule has 0 radical (unpaired) electrons. The molecule has 11 heteroatoms. The normalized spacial score (nSPS) is 16.1. The predicted octanol–water partition coefficient (Wildman–Crippen LogP) is 3.64. The Morgan fingerprint density at radius 2 is 1.65 bits per heavy atom. The number of halogens is 2. The Hall–Kier alpha value is -3.86. The molecule has 0 unspecified atom stereocenters. The van der Waals surface area contributed by atoms with Gasteiger partial charge in [0.05, 0.1) is 24.5 Å². The third-order valence-corrected chi connectivity index (χ3v) is 7.37. The lowest BCUT2D eigenvalue weighted by atomic mass is 10.1. The molecule has 2 heterocycles. The van der Waals surface area contributed by atoms with E-state index in [9.17, 15) is 14.0 Å². The number of nitrogens with zero attached hydrogens (tertiary/aromatic N) is 4. The van der Waals surface area contributed by atoms with Crippen molar-refractivity contribution in [3.63, 3.8) is 0 Å². The fourth-order valence-electron chi connectivity index (χ4n) is 4.85. The molecule has 0 spiro atoms. The summed E-state index contributed by atoms with van der Waals surface area (Å²) in [5.74, 6) is -1.70. The van der Waals surface area contributed by atoms with Crippen LogP contribution in [0.25, 0.3) is 0 Å². The molecule has 5 rings (SSSR count). The van der Waals surface area contributed by atoms with Gasteiger partial charge >= 0.3 is 0 Å². The number of nitrogen functional groups attached to an aromatic ring is 1. The van der Waals surface area contributed by atoms with E-state index in [0.717, 1.165) is 36.9 Å². The highest BCUT2D eigenvalue weighted by Crippen LogP contribution is 2.28. The van der Waals surface area contributed by atoms with Crippen LogP contribution >= 0.6 is 11.6 Å². The van der Waals surface area contributed by atoms with Crippen molar-refractivity contribution in [2.24, 2.45) is 0 Å². The van der Waals surface area contributed by atoms with E-state index in [1.165, 1.54) is 30.3 Å². The summed E-state index contributed by atoms with van der Waals surface area (Å²) in [6, 6.07) is 16.0. The Morgan fingerprint density at radius 3 is 2.38 bits per heavy atom. The fraction of sp³-hybridized carbons (Fsp3) is 0.310. The van der Waals surface area contributed by atoms with Gasteiger partial charge in [-0.2, -0.15) is 0 Å². The molecular formula is C29H32ClFN6O3. The molecule has 2 aliphatic heterocycles. The van der Waals surface area contributed by atoms with Crippen molar-refractivity contribution in [2.75, 3.05) is 80.1 Å². The zero-order valence-corrected chi connectivity index (χ0v) is 23.0. The van der Waals surface area contributed by atoms with Crippen LogP contribution in [0.1, 0.15) is 20.7 Å². The first kappa shape index (κ1) is 27.7. The first-order chi connectivity index (χ1) is 19.3. The number of likely N-dealkylation sites (N-methyl/N-ethyl adjacent to an activating group) is 1. The third-order valence-electron chi connectivity index (χ3n) is 7.14. The van der Waals surface area contributed by atoms with Crippen molar-refractivity contribution in [3.8, 4) is 0 Å². The van der Waals surface area contributed by atoms with E-state index < -0.39 is 17.6 Å². The number of carbonyl (C=O) groups is 2. The van der Waals surface area contributed by atoms with Crippen LogP contribution in [0.3, 0.4) is 0 Å². The Balaban J connectivity index is 1.47. The number of anilines is 4. The molecule has 0 bridgehead atoms. The average molecular weight is 567 g/mol. The number of amides is 2. The van der Waals surface area contributed by atoms with Gasteiger partial charge in [-0.05, 0) is 61.6 Å². The van der Waals surface area contributed by atoms with Gasteiger partial charge in [-0.15, -0.1) is 0 Å². The number of nitrogens with one attached hydrogen (secondary N) is 1. The van der Waals surface area contributed by atoms with Crippen LogP contribution in [-0.4, -0.2) is 76.2 Å². The lowest BCUT2D eigenvalue weighted by molar-refractivity contribution is 0.0888. The highest BCUT2D eigenvalue weighted by atomic mass is 35.5. The molecule has 0 saturated carbocycles. The summed E-state index contributed by atoms with van der Waals surface area (Å²) < 4.78 is 20.3. The van der Waals surface area contributed by atoms with Crippen molar-refractivity contribution >= 4 is 46.2 Å². The number of morpholine rings is 1. The average Bonchev–Trinajstić information content (AvgIpc) is 2.96. The Bertz CT molecular complexity index is 1390. The number of nitrogens with two attached hydrogens (primary N) is 1. The smallest absolute Gasteiger partial charge is 0.279 e. The molecule has 0 aliphatic carbocycles. The maximum Gasteiger partial charge on any atom is 0.279 e. The highest BCUT2D eigenvalue weighted by molar-refractivity contribution is 6.31.